The molecule has 0 unspecified atom stereocenters. The summed E-state index contributed by atoms with van der Waals surface area (Å²) in [6, 6.07) is 11.6. The van der Waals surface area contributed by atoms with Crippen molar-refractivity contribution in [2.45, 2.75) is 13.1 Å². The highest BCUT2D eigenvalue weighted by molar-refractivity contribution is 5.76. The molecule has 120 valence electrons. The second-order valence-corrected chi connectivity index (χ2v) is 5.48. The molecule has 0 atom stereocenters. The van der Waals surface area contributed by atoms with E-state index in [-0.39, 0.29) is 11.8 Å². The van der Waals surface area contributed by atoms with Crippen molar-refractivity contribution in [2.24, 2.45) is 0 Å². The summed E-state index contributed by atoms with van der Waals surface area (Å²) in [6.07, 6.45) is 0. The summed E-state index contributed by atoms with van der Waals surface area (Å²) in [5.74, 6) is -0.562. The lowest BCUT2D eigenvalue weighted by Crippen LogP contribution is -2.27. The number of carbonyl (C=O) groups excluding carboxylic acids is 1. The van der Waals surface area contributed by atoms with Gasteiger partial charge in [0.25, 0.3) is 0 Å². The summed E-state index contributed by atoms with van der Waals surface area (Å²) in [6.45, 7) is 2.25. The Kier molecular flexibility index (Phi) is 4.32. The first kappa shape index (κ1) is 15.1. The lowest BCUT2D eigenvalue weighted by molar-refractivity contribution is 0.215. The van der Waals surface area contributed by atoms with E-state index in [0.29, 0.717) is 31.7 Å². The van der Waals surface area contributed by atoms with Crippen molar-refractivity contribution < 1.29 is 14.3 Å². The van der Waals surface area contributed by atoms with Crippen LogP contribution in [-0.2, 0) is 13.1 Å². The van der Waals surface area contributed by atoms with Crippen molar-refractivity contribution in [2.75, 3.05) is 18.4 Å². The molecule has 1 aliphatic rings. The van der Waals surface area contributed by atoms with E-state index >= 15 is 0 Å². The van der Waals surface area contributed by atoms with Gasteiger partial charge < -0.3 is 20.6 Å². The molecule has 0 saturated carbocycles. The number of phenols is 1. The average molecular weight is 315 g/mol. The summed E-state index contributed by atoms with van der Waals surface area (Å²) in [7, 11) is 0. The Bertz CT molecular complexity index is 700. The molecule has 5 nitrogen and oxygen atoms in total. The van der Waals surface area contributed by atoms with Crippen molar-refractivity contribution >= 4 is 11.7 Å². The van der Waals surface area contributed by atoms with Gasteiger partial charge in [0.2, 0.25) is 0 Å². The number of hydrogen-bond acceptors (Lipinski definition) is 3. The number of hydrogen-bond donors (Lipinski definition) is 3. The standard InChI is InChI=1S/C17H18FN3O2/c18-14-7-12(8-15(22)9-14)10-20-16-4-2-1-3-13(16)11-21-6-5-19-17(21)23/h1-4,7-9,20,22H,5-6,10-11H2,(H,19,23). The van der Waals surface area contributed by atoms with Gasteiger partial charge in [0.1, 0.15) is 11.6 Å². The van der Waals surface area contributed by atoms with E-state index in [1.807, 2.05) is 24.3 Å². The third-order valence-electron chi connectivity index (χ3n) is 3.75. The van der Waals surface area contributed by atoms with E-state index in [0.717, 1.165) is 17.3 Å². The van der Waals surface area contributed by atoms with Gasteiger partial charge in [0.05, 0.1) is 0 Å². The number of para-hydroxylation sites is 1. The fourth-order valence-corrected chi connectivity index (χ4v) is 2.63. The number of rotatable bonds is 5. The second kappa shape index (κ2) is 6.56. The molecule has 1 saturated heterocycles. The Morgan fingerprint density at radius 3 is 2.83 bits per heavy atom. The van der Waals surface area contributed by atoms with Gasteiger partial charge in [-0.2, -0.15) is 0 Å². The smallest absolute Gasteiger partial charge is 0.317 e. The minimum atomic E-state index is -0.469. The number of carbonyl (C=O) groups is 1. The van der Waals surface area contributed by atoms with E-state index in [4.69, 9.17) is 0 Å². The van der Waals surface area contributed by atoms with Crippen LogP contribution in [0, 0.1) is 5.82 Å². The van der Waals surface area contributed by atoms with Gasteiger partial charge in [-0.1, -0.05) is 18.2 Å². The summed E-state index contributed by atoms with van der Waals surface area (Å²) in [5.41, 5.74) is 2.53. The maximum atomic E-state index is 13.3. The van der Waals surface area contributed by atoms with Crippen molar-refractivity contribution in [3.05, 3.63) is 59.4 Å². The van der Waals surface area contributed by atoms with Gasteiger partial charge in [-0.05, 0) is 29.3 Å². The Morgan fingerprint density at radius 2 is 2.09 bits per heavy atom. The first-order chi connectivity index (χ1) is 11.1. The molecule has 0 radical (unpaired) electrons. The van der Waals surface area contributed by atoms with Crippen LogP contribution >= 0.6 is 0 Å². The summed E-state index contributed by atoms with van der Waals surface area (Å²) >= 11 is 0. The van der Waals surface area contributed by atoms with E-state index < -0.39 is 5.82 Å². The number of nitrogens with one attached hydrogen (secondary N) is 2. The number of urea groups is 1. The Hall–Kier alpha value is -2.76. The maximum Gasteiger partial charge on any atom is 0.317 e. The molecule has 2 aromatic carbocycles. The molecule has 2 amide bonds. The normalized spacial score (nSPS) is 14.0. The van der Waals surface area contributed by atoms with Crippen LogP contribution in [0.2, 0.25) is 0 Å². The number of phenolic OH excluding ortho intramolecular Hbond substituents is 1. The zero-order chi connectivity index (χ0) is 16.2. The molecule has 23 heavy (non-hydrogen) atoms. The molecule has 0 aliphatic carbocycles. The lowest BCUT2D eigenvalue weighted by atomic mass is 10.1. The van der Waals surface area contributed by atoms with E-state index in [2.05, 4.69) is 10.6 Å². The van der Waals surface area contributed by atoms with Crippen LogP contribution in [0.15, 0.2) is 42.5 Å². The molecule has 6 heteroatoms. The Labute approximate surface area is 133 Å². The van der Waals surface area contributed by atoms with E-state index in [9.17, 15) is 14.3 Å². The van der Waals surface area contributed by atoms with Crippen LogP contribution in [0.3, 0.4) is 0 Å². The summed E-state index contributed by atoms with van der Waals surface area (Å²) < 4.78 is 13.3. The molecule has 3 rings (SSSR count). The van der Waals surface area contributed by atoms with Gasteiger partial charge in [0.15, 0.2) is 0 Å². The lowest BCUT2D eigenvalue weighted by Gasteiger charge is -2.18. The maximum absolute atomic E-state index is 13.3. The van der Waals surface area contributed by atoms with Crippen molar-refractivity contribution in [1.29, 1.82) is 0 Å². The second-order valence-electron chi connectivity index (χ2n) is 5.48. The van der Waals surface area contributed by atoms with Gasteiger partial charge in [-0.3, -0.25) is 0 Å². The molecular formula is C17H18FN3O2. The van der Waals surface area contributed by atoms with E-state index in [1.165, 1.54) is 12.1 Å². The fraction of sp³-hybridized carbons (Fsp3) is 0.235. The van der Waals surface area contributed by atoms with Crippen LogP contribution in [0.25, 0.3) is 0 Å². The van der Waals surface area contributed by atoms with Crippen molar-refractivity contribution in [3.8, 4) is 5.75 Å². The monoisotopic (exact) mass is 315 g/mol. The van der Waals surface area contributed by atoms with Gasteiger partial charge in [-0.15, -0.1) is 0 Å². The van der Waals surface area contributed by atoms with Crippen molar-refractivity contribution in [3.63, 3.8) is 0 Å². The molecule has 3 N–H and O–H groups in total. The predicted molar refractivity (Wildman–Crippen MR) is 85.6 cm³/mol. The predicted octanol–water partition coefficient (Wildman–Crippen LogP) is 2.67. The van der Waals surface area contributed by atoms with Crippen LogP contribution in [-0.4, -0.2) is 29.1 Å². The van der Waals surface area contributed by atoms with Crippen LogP contribution in [0.4, 0.5) is 14.9 Å². The molecule has 1 fully saturated rings. The van der Waals surface area contributed by atoms with E-state index in [1.54, 1.807) is 4.90 Å². The number of halogens is 1. The van der Waals surface area contributed by atoms with Gasteiger partial charge >= 0.3 is 6.03 Å². The third kappa shape index (κ3) is 3.71. The number of benzene rings is 2. The molecular weight excluding hydrogens is 297 g/mol. The average Bonchev–Trinajstić information content (AvgIpc) is 2.91. The van der Waals surface area contributed by atoms with Crippen LogP contribution < -0.4 is 10.6 Å². The number of anilines is 1. The molecule has 1 heterocycles. The largest absolute Gasteiger partial charge is 0.508 e. The van der Waals surface area contributed by atoms with Gasteiger partial charge in [-0.25, -0.2) is 9.18 Å². The highest BCUT2D eigenvalue weighted by Gasteiger charge is 2.20. The topological polar surface area (TPSA) is 64.6 Å². The Balaban J connectivity index is 1.71. The molecule has 1 aliphatic heterocycles. The summed E-state index contributed by atoms with van der Waals surface area (Å²) in [5, 5.41) is 15.5. The highest BCUT2D eigenvalue weighted by Crippen LogP contribution is 2.20. The SMILES string of the molecule is O=C1NCCN1Cc1ccccc1NCc1cc(O)cc(F)c1. The number of nitrogens with zero attached hydrogens (tertiary/aromatic N) is 1. The summed E-state index contributed by atoms with van der Waals surface area (Å²) in [4.78, 5) is 13.4. The van der Waals surface area contributed by atoms with Crippen LogP contribution in [0.1, 0.15) is 11.1 Å². The quantitative estimate of drug-likeness (QED) is 0.795. The molecule has 0 bridgehead atoms. The molecule has 0 aromatic heterocycles. The zero-order valence-electron chi connectivity index (χ0n) is 12.6. The first-order valence-corrected chi connectivity index (χ1v) is 7.45. The van der Waals surface area contributed by atoms with Gasteiger partial charge in [0, 0.05) is 37.9 Å². The fourth-order valence-electron chi connectivity index (χ4n) is 2.63. The zero-order valence-corrected chi connectivity index (χ0v) is 12.6. The van der Waals surface area contributed by atoms with Crippen molar-refractivity contribution in [1.82, 2.24) is 10.2 Å². The molecule has 2 aromatic rings. The third-order valence-corrected chi connectivity index (χ3v) is 3.75. The number of aromatic hydroxyl groups is 1. The minimum absolute atomic E-state index is 0.0603. The highest BCUT2D eigenvalue weighted by atomic mass is 19.1. The number of amides is 2. The molecule has 0 spiro atoms. The Morgan fingerprint density at radius 1 is 1.26 bits per heavy atom. The first-order valence-electron chi connectivity index (χ1n) is 7.45. The van der Waals surface area contributed by atoms with Crippen LogP contribution in [0.5, 0.6) is 5.75 Å². The minimum Gasteiger partial charge on any atom is -0.508 e.